The molecule has 96 valence electrons. The van der Waals surface area contributed by atoms with Crippen molar-refractivity contribution in [2.75, 3.05) is 13.1 Å². The molecule has 0 bridgehead atoms. The Hall–Kier alpha value is -0.860. The van der Waals surface area contributed by atoms with Crippen LogP contribution in [-0.4, -0.2) is 19.1 Å². The van der Waals surface area contributed by atoms with Crippen LogP contribution in [0.3, 0.4) is 0 Å². The summed E-state index contributed by atoms with van der Waals surface area (Å²) in [5.74, 6) is 0. The first kappa shape index (κ1) is 14.2. The Morgan fingerprint density at radius 3 is 2.35 bits per heavy atom. The SMILES string of the molecule is Cc1ccc(CNCCNC(C)C)c(C)c1C. The summed E-state index contributed by atoms with van der Waals surface area (Å²) >= 11 is 0. The van der Waals surface area contributed by atoms with Gasteiger partial charge in [0, 0.05) is 25.7 Å². The molecule has 0 heterocycles. The van der Waals surface area contributed by atoms with Crippen LogP contribution in [0.5, 0.6) is 0 Å². The van der Waals surface area contributed by atoms with Crippen LogP contribution in [0.2, 0.25) is 0 Å². The van der Waals surface area contributed by atoms with Gasteiger partial charge in [-0.25, -0.2) is 0 Å². The van der Waals surface area contributed by atoms with Gasteiger partial charge in [-0.1, -0.05) is 26.0 Å². The maximum atomic E-state index is 3.48. The van der Waals surface area contributed by atoms with E-state index in [1.54, 1.807) is 0 Å². The fourth-order valence-electron chi connectivity index (χ4n) is 1.88. The second-order valence-electron chi connectivity index (χ2n) is 5.08. The van der Waals surface area contributed by atoms with Crippen molar-refractivity contribution in [3.8, 4) is 0 Å². The number of hydrogen-bond donors (Lipinski definition) is 2. The van der Waals surface area contributed by atoms with E-state index in [1.807, 2.05) is 0 Å². The summed E-state index contributed by atoms with van der Waals surface area (Å²) in [5, 5.41) is 6.89. The molecule has 2 nitrogen and oxygen atoms in total. The second kappa shape index (κ2) is 6.77. The fraction of sp³-hybridized carbons (Fsp3) is 0.600. The van der Waals surface area contributed by atoms with Crippen molar-refractivity contribution < 1.29 is 0 Å². The third-order valence-corrected chi connectivity index (χ3v) is 3.34. The zero-order valence-electron chi connectivity index (χ0n) is 11.9. The highest BCUT2D eigenvalue weighted by Gasteiger charge is 2.02. The van der Waals surface area contributed by atoms with Crippen molar-refractivity contribution in [3.63, 3.8) is 0 Å². The first-order valence-corrected chi connectivity index (χ1v) is 6.52. The maximum Gasteiger partial charge on any atom is 0.0208 e. The van der Waals surface area contributed by atoms with Gasteiger partial charge in [0.05, 0.1) is 0 Å². The number of aryl methyl sites for hydroxylation is 1. The normalized spacial score (nSPS) is 11.2. The molecule has 0 atom stereocenters. The van der Waals surface area contributed by atoms with E-state index in [0.29, 0.717) is 6.04 Å². The highest BCUT2D eigenvalue weighted by atomic mass is 15.0. The van der Waals surface area contributed by atoms with Crippen molar-refractivity contribution in [2.24, 2.45) is 0 Å². The average Bonchev–Trinajstić information content (AvgIpc) is 2.28. The predicted molar refractivity (Wildman–Crippen MR) is 75.5 cm³/mol. The zero-order chi connectivity index (χ0) is 12.8. The summed E-state index contributed by atoms with van der Waals surface area (Å²) in [7, 11) is 0. The van der Waals surface area contributed by atoms with E-state index >= 15 is 0 Å². The van der Waals surface area contributed by atoms with E-state index in [9.17, 15) is 0 Å². The van der Waals surface area contributed by atoms with Crippen molar-refractivity contribution in [2.45, 2.75) is 47.2 Å². The summed E-state index contributed by atoms with van der Waals surface area (Å²) in [6.45, 7) is 14.0. The summed E-state index contributed by atoms with van der Waals surface area (Å²) < 4.78 is 0. The molecule has 0 fully saturated rings. The zero-order valence-corrected chi connectivity index (χ0v) is 11.9. The molecule has 1 aromatic carbocycles. The predicted octanol–water partition coefficient (Wildman–Crippen LogP) is 2.70. The highest BCUT2D eigenvalue weighted by Crippen LogP contribution is 2.16. The van der Waals surface area contributed by atoms with Gasteiger partial charge in [-0.2, -0.15) is 0 Å². The maximum absolute atomic E-state index is 3.48. The Morgan fingerprint density at radius 1 is 1.00 bits per heavy atom. The molecule has 0 aliphatic carbocycles. The summed E-state index contributed by atoms with van der Waals surface area (Å²) in [4.78, 5) is 0. The van der Waals surface area contributed by atoms with Crippen LogP contribution in [0.4, 0.5) is 0 Å². The molecule has 0 radical (unpaired) electrons. The lowest BCUT2D eigenvalue weighted by molar-refractivity contribution is 0.555. The minimum atomic E-state index is 0.570. The van der Waals surface area contributed by atoms with Gasteiger partial charge in [0.15, 0.2) is 0 Å². The Labute approximate surface area is 106 Å². The molecule has 2 N–H and O–H groups in total. The van der Waals surface area contributed by atoms with Crippen LogP contribution in [0.25, 0.3) is 0 Å². The number of rotatable bonds is 6. The molecule has 0 spiro atoms. The summed E-state index contributed by atoms with van der Waals surface area (Å²) in [6.07, 6.45) is 0. The van der Waals surface area contributed by atoms with Crippen LogP contribution in [0.15, 0.2) is 12.1 Å². The van der Waals surface area contributed by atoms with Gasteiger partial charge in [0.1, 0.15) is 0 Å². The quantitative estimate of drug-likeness (QED) is 0.740. The molecule has 1 aromatic rings. The van der Waals surface area contributed by atoms with Gasteiger partial charge in [-0.05, 0) is 43.0 Å². The molecule has 0 saturated heterocycles. The monoisotopic (exact) mass is 234 g/mol. The van der Waals surface area contributed by atoms with E-state index in [4.69, 9.17) is 0 Å². The summed E-state index contributed by atoms with van der Waals surface area (Å²) in [5.41, 5.74) is 5.64. The molecule has 1 rings (SSSR count). The highest BCUT2D eigenvalue weighted by molar-refractivity contribution is 5.38. The molecular weight excluding hydrogens is 208 g/mol. The third kappa shape index (κ3) is 4.49. The molecule has 0 aromatic heterocycles. The van der Waals surface area contributed by atoms with Crippen molar-refractivity contribution in [1.82, 2.24) is 10.6 Å². The molecule has 0 saturated carbocycles. The average molecular weight is 234 g/mol. The Balaban J connectivity index is 2.40. The second-order valence-corrected chi connectivity index (χ2v) is 5.08. The number of benzene rings is 1. The van der Waals surface area contributed by atoms with Crippen LogP contribution in [-0.2, 0) is 6.54 Å². The van der Waals surface area contributed by atoms with E-state index in [2.05, 4.69) is 57.4 Å². The lowest BCUT2D eigenvalue weighted by Crippen LogP contribution is -2.31. The van der Waals surface area contributed by atoms with Crippen molar-refractivity contribution >= 4 is 0 Å². The van der Waals surface area contributed by atoms with Crippen molar-refractivity contribution in [3.05, 3.63) is 34.4 Å². The summed E-state index contributed by atoms with van der Waals surface area (Å²) in [6, 6.07) is 5.02. The van der Waals surface area contributed by atoms with E-state index in [0.717, 1.165) is 19.6 Å². The lowest BCUT2D eigenvalue weighted by atomic mass is 9.99. The largest absolute Gasteiger partial charge is 0.313 e. The molecule has 0 aliphatic rings. The lowest BCUT2D eigenvalue weighted by Gasteiger charge is -2.13. The van der Waals surface area contributed by atoms with Gasteiger partial charge < -0.3 is 10.6 Å². The van der Waals surface area contributed by atoms with Crippen LogP contribution in [0, 0.1) is 20.8 Å². The first-order valence-electron chi connectivity index (χ1n) is 6.52. The molecule has 0 unspecified atom stereocenters. The van der Waals surface area contributed by atoms with Gasteiger partial charge >= 0.3 is 0 Å². The van der Waals surface area contributed by atoms with Crippen LogP contribution >= 0.6 is 0 Å². The fourth-order valence-corrected chi connectivity index (χ4v) is 1.88. The van der Waals surface area contributed by atoms with Crippen LogP contribution < -0.4 is 10.6 Å². The Bertz CT molecular complexity index is 356. The Morgan fingerprint density at radius 2 is 1.71 bits per heavy atom. The molecule has 0 amide bonds. The topological polar surface area (TPSA) is 24.1 Å². The molecular formula is C15H26N2. The van der Waals surface area contributed by atoms with Gasteiger partial charge in [0.2, 0.25) is 0 Å². The third-order valence-electron chi connectivity index (χ3n) is 3.34. The minimum absolute atomic E-state index is 0.570. The first-order chi connectivity index (χ1) is 8.02. The van der Waals surface area contributed by atoms with E-state index in [1.165, 1.54) is 22.3 Å². The number of nitrogens with one attached hydrogen (secondary N) is 2. The van der Waals surface area contributed by atoms with Gasteiger partial charge in [-0.15, -0.1) is 0 Å². The minimum Gasteiger partial charge on any atom is -0.313 e. The van der Waals surface area contributed by atoms with E-state index < -0.39 is 0 Å². The molecule has 2 heteroatoms. The number of hydrogen-bond acceptors (Lipinski definition) is 2. The standard InChI is InChI=1S/C15H26N2/c1-11(2)17-9-8-16-10-15-7-6-12(3)13(4)14(15)5/h6-7,11,16-17H,8-10H2,1-5H3. The van der Waals surface area contributed by atoms with E-state index in [-0.39, 0.29) is 0 Å². The van der Waals surface area contributed by atoms with Crippen molar-refractivity contribution in [1.29, 1.82) is 0 Å². The molecule has 0 aliphatic heterocycles. The van der Waals surface area contributed by atoms with Crippen LogP contribution in [0.1, 0.15) is 36.1 Å². The smallest absolute Gasteiger partial charge is 0.0208 e. The van der Waals surface area contributed by atoms with Gasteiger partial charge in [-0.3, -0.25) is 0 Å². The Kier molecular flexibility index (Phi) is 5.66. The van der Waals surface area contributed by atoms with Gasteiger partial charge in [0.25, 0.3) is 0 Å². The molecule has 17 heavy (non-hydrogen) atoms.